The van der Waals surface area contributed by atoms with Crippen molar-refractivity contribution in [1.82, 2.24) is 0 Å². The maximum absolute atomic E-state index is 13.2. The van der Waals surface area contributed by atoms with Gasteiger partial charge >= 0.3 is 23.9 Å². The highest BCUT2D eigenvalue weighted by Crippen LogP contribution is 2.27. The number of carbonyl (C=O) groups is 4. The molecule has 1 aliphatic rings. The van der Waals surface area contributed by atoms with Crippen molar-refractivity contribution in [3.63, 3.8) is 0 Å². The Kier molecular flexibility index (Phi) is 52.1. The summed E-state index contributed by atoms with van der Waals surface area (Å²) in [4.78, 5) is 51.3. The molecule has 1 heterocycles. The lowest BCUT2D eigenvalue weighted by Crippen LogP contribution is -2.61. The minimum absolute atomic E-state index is 0.0538. The van der Waals surface area contributed by atoms with Gasteiger partial charge in [-0.25, -0.2) is 4.79 Å². The number of allylic oxidation sites excluding steroid dienone is 14. The number of carboxylic acid groups (broad SMARTS) is 1. The maximum Gasteiger partial charge on any atom is 0.335 e. The minimum Gasteiger partial charge on any atom is -0.479 e. The van der Waals surface area contributed by atoms with Crippen molar-refractivity contribution in [3.05, 3.63) is 85.1 Å². The van der Waals surface area contributed by atoms with Crippen LogP contribution in [0, 0.1) is 0 Å². The van der Waals surface area contributed by atoms with Gasteiger partial charge in [-0.1, -0.05) is 260 Å². The molecule has 0 spiro atoms. The van der Waals surface area contributed by atoms with E-state index >= 15 is 0 Å². The molecule has 0 aromatic rings. The fourth-order valence-corrected chi connectivity index (χ4v) is 9.51. The number of aliphatic hydroxyl groups is 2. The zero-order chi connectivity index (χ0) is 58.9. The highest BCUT2D eigenvalue weighted by atomic mass is 16.7. The molecule has 0 saturated carbocycles. The highest BCUT2D eigenvalue weighted by molar-refractivity contribution is 5.74. The Morgan fingerprint density at radius 2 is 0.802 bits per heavy atom. The first kappa shape index (κ1) is 74.9. The standard InChI is InChI=1S/C69H116O12/c1-4-7-10-13-16-19-22-25-27-29-31-33-35-38-40-43-46-49-52-55-61(70)77-58-60(79-62(71)56-53-50-47-44-41-37-24-21-18-15-12-9-6-3)59-78-69-67(65(74)64(73)66(81-69)68(75)76)80-63(72)57-54-51-48-45-42-39-36-34-32-30-28-26-23-20-17-14-11-8-5-2/h7,10,16,19,21,24-25,27,31,33,38,40,46,49,60,64-67,69,73-74H,4-6,8-9,11-15,17-18,20,22-23,26,28-30,32,34-37,39,41-45,47-48,50-59H2,1-3H3,(H,75,76)/b10-7-,19-16-,24-21-,27-25-,33-31-,40-38-,49-46-. The number of carbonyl (C=O) groups excluding carboxylic acids is 3. The Labute approximate surface area is 492 Å². The summed E-state index contributed by atoms with van der Waals surface area (Å²) in [5, 5.41) is 31.6. The first-order chi connectivity index (χ1) is 39.6. The molecule has 0 aromatic carbocycles. The fraction of sp³-hybridized carbons (Fsp3) is 0.739. The van der Waals surface area contributed by atoms with Crippen molar-refractivity contribution in [2.45, 2.75) is 314 Å². The topological polar surface area (TPSA) is 175 Å². The number of aliphatic carboxylic acids is 1. The van der Waals surface area contributed by atoms with E-state index in [1.54, 1.807) is 0 Å². The van der Waals surface area contributed by atoms with Gasteiger partial charge in [0.25, 0.3) is 0 Å². The molecule has 0 aromatic heterocycles. The predicted molar refractivity (Wildman–Crippen MR) is 331 cm³/mol. The van der Waals surface area contributed by atoms with Crippen LogP contribution in [0.2, 0.25) is 0 Å². The van der Waals surface area contributed by atoms with Crippen LogP contribution in [0.4, 0.5) is 0 Å². The van der Waals surface area contributed by atoms with Crippen LogP contribution in [0.3, 0.4) is 0 Å². The summed E-state index contributed by atoms with van der Waals surface area (Å²) in [5.41, 5.74) is 0. The molecule has 0 aliphatic carbocycles. The third kappa shape index (κ3) is 46.0. The number of carboxylic acids is 1. The summed E-state index contributed by atoms with van der Waals surface area (Å²) < 4.78 is 28.4. The molecule has 3 N–H and O–H groups in total. The van der Waals surface area contributed by atoms with Crippen molar-refractivity contribution < 1.29 is 58.2 Å². The van der Waals surface area contributed by atoms with Crippen LogP contribution in [0.15, 0.2) is 85.1 Å². The van der Waals surface area contributed by atoms with Crippen LogP contribution in [0.1, 0.15) is 278 Å². The number of hydrogen-bond acceptors (Lipinski definition) is 11. The molecule has 464 valence electrons. The fourth-order valence-electron chi connectivity index (χ4n) is 9.51. The van der Waals surface area contributed by atoms with E-state index in [0.717, 1.165) is 103 Å². The summed E-state index contributed by atoms with van der Waals surface area (Å²) >= 11 is 0. The predicted octanol–water partition coefficient (Wildman–Crippen LogP) is 17.5. The van der Waals surface area contributed by atoms with E-state index in [4.69, 9.17) is 23.7 Å². The van der Waals surface area contributed by atoms with E-state index in [0.29, 0.717) is 19.3 Å². The van der Waals surface area contributed by atoms with Gasteiger partial charge in [0.2, 0.25) is 0 Å². The number of rotatable bonds is 55. The molecule has 81 heavy (non-hydrogen) atoms. The lowest BCUT2D eigenvalue weighted by atomic mass is 9.98. The monoisotopic (exact) mass is 1140 g/mol. The second-order valence-corrected chi connectivity index (χ2v) is 22.0. The van der Waals surface area contributed by atoms with Crippen LogP contribution < -0.4 is 0 Å². The van der Waals surface area contributed by atoms with Gasteiger partial charge in [0.1, 0.15) is 18.8 Å². The van der Waals surface area contributed by atoms with Gasteiger partial charge in [0, 0.05) is 19.3 Å². The average molecular weight is 1140 g/mol. The smallest absolute Gasteiger partial charge is 0.335 e. The van der Waals surface area contributed by atoms with Crippen LogP contribution in [-0.4, -0.2) is 89.2 Å². The Morgan fingerprint density at radius 1 is 0.420 bits per heavy atom. The van der Waals surface area contributed by atoms with Crippen molar-refractivity contribution in [1.29, 1.82) is 0 Å². The van der Waals surface area contributed by atoms with Crippen LogP contribution in [0.25, 0.3) is 0 Å². The zero-order valence-electron chi connectivity index (χ0n) is 51.3. The lowest BCUT2D eigenvalue weighted by molar-refractivity contribution is -0.301. The summed E-state index contributed by atoms with van der Waals surface area (Å²) in [6, 6.07) is 0. The highest BCUT2D eigenvalue weighted by Gasteiger charge is 2.50. The molecule has 1 fully saturated rings. The van der Waals surface area contributed by atoms with Gasteiger partial charge in [0.05, 0.1) is 6.61 Å². The molecule has 6 atom stereocenters. The molecule has 0 amide bonds. The Balaban J connectivity index is 2.68. The van der Waals surface area contributed by atoms with Gasteiger partial charge in [-0.2, -0.15) is 0 Å². The number of unbranched alkanes of at least 4 members (excludes halogenated alkanes) is 27. The number of esters is 3. The number of ether oxygens (including phenoxy) is 5. The normalized spacial score (nSPS) is 18.3. The van der Waals surface area contributed by atoms with E-state index in [2.05, 4.69) is 93.7 Å². The minimum atomic E-state index is -1.91. The Bertz CT molecular complexity index is 1730. The summed E-state index contributed by atoms with van der Waals surface area (Å²) in [6.45, 7) is 5.82. The van der Waals surface area contributed by atoms with Crippen molar-refractivity contribution in [2.75, 3.05) is 13.2 Å². The first-order valence-corrected chi connectivity index (χ1v) is 32.6. The molecule has 0 radical (unpaired) electrons. The summed E-state index contributed by atoms with van der Waals surface area (Å²) in [5.74, 6) is -3.23. The van der Waals surface area contributed by atoms with Gasteiger partial charge in [-0.3, -0.25) is 14.4 Å². The number of aliphatic hydroxyl groups excluding tert-OH is 2. The summed E-state index contributed by atoms with van der Waals surface area (Å²) in [7, 11) is 0. The molecular weight excluding hydrogens is 1020 g/mol. The van der Waals surface area contributed by atoms with Gasteiger partial charge in [-0.05, 0) is 83.5 Å². The van der Waals surface area contributed by atoms with Gasteiger partial charge in [-0.15, -0.1) is 0 Å². The number of hydrogen-bond donors (Lipinski definition) is 3. The second kappa shape index (κ2) is 56.4. The van der Waals surface area contributed by atoms with Crippen molar-refractivity contribution >= 4 is 23.9 Å². The van der Waals surface area contributed by atoms with Crippen molar-refractivity contribution in [3.8, 4) is 0 Å². The molecule has 12 nitrogen and oxygen atoms in total. The van der Waals surface area contributed by atoms with Crippen molar-refractivity contribution in [2.24, 2.45) is 0 Å². The third-order valence-electron chi connectivity index (χ3n) is 14.5. The SMILES string of the molecule is CC/C=C\C/C=C\C/C=C\C/C=C\C/C=C\C/C=C\CCC(=O)OCC(COC1OC(C(=O)O)C(O)C(O)C1OC(=O)CCCCCCCCCCCCCCCCCCCCC)OC(=O)CCCCCCC/C=C\CCCCCC. The molecular formula is C69H116O12. The molecule has 0 bridgehead atoms. The quantitative estimate of drug-likeness (QED) is 0.0228. The van der Waals surface area contributed by atoms with E-state index in [1.807, 2.05) is 12.2 Å². The van der Waals surface area contributed by atoms with E-state index in [1.165, 1.54) is 116 Å². The maximum atomic E-state index is 13.2. The molecule has 1 aliphatic heterocycles. The van der Waals surface area contributed by atoms with Gasteiger partial charge in [0.15, 0.2) is 24.6 Å². The Morgan fingerprint density at radius 3 is 1.25 bits per heavy atom. The van der Waals surface area contributed by atoms with Crippen LogP contribution in [-0.2, 0) is 42.9 Å². The third-order valence-corrected chi connectivity index (χ3v) is 14.5. The van der Waals surface area contributed by atoms with E-state index in [-0.39, 0.29) is 25.9 Å². The molecule has 6 unspecified atom stereocenters. The zero-order valence-corrected chi connectivity index (χ0v) is 51.3. The van der Waals surface area contributed by atoms with Gasteiger partial charge < -0.3 is 39.0 Å². The van der Waals surface area contributed by atoms with E-state index < -0.39 is 67.3 Å². The second-order valence-electron chi connectivity index (χ2n) is 22.0. The lowest BCUT2D eigenvalue weighted by Gasteiger charge is -2.40. The largest absolute Gasteiger partial charge is 0.479 e. The Hall–Kier alpha value is -4.10. The van der Waals surface area contributed by atoms with Crippen LogP contribution in [0.5, 0.6) is 0 Å². The molecule has 1 rings (SSSR count). The van der Waals surface area contributed by atoms with E-state index in [9.17, 15) is 34.5 Å². The molecule has 1 saturated heterocycles. The first-order valence-electron chi connectivity index (χ1n) is 32.6. The van der Waals surface area contributed by atoms with Crippen LogP contribution >= 0.6 is 0 Å². The molecule has 12 heteroatoms. The summed E-state index contributed by atoms with van der Waals surface area (Å²) in [6.07, 6.45) is 61.3. The average Bonchev–Trinajstić information content (AvgIpc) is 3.45.